The summed E-state index contributed by atoms with van der Waals surface area (Å²) >= 11 is 0. The van der Waals surface area contributed by atoms with Crippen LogP contribution in [-0.4, -0.2) is 11.9 Å². The molecule has 0 aliphatic carbocycles. The van der Waals surface area contributed by atoms with E-state index in [1.807, 2.05) is 84.9 Å². The van der Waals surface area contributed by atoms with Crippen molar-refractivity contribution in [3.63, 3.8) is 0 Å². The molecule has 0 aliphatic heterocycles. The minimum absolute atomic E-state index is 0.226. The van der Waals surface area contributed by atoms with E-state index in [9.17, 15) is 9.59 Å². The van der Waals surface area contributed by atoms with Gasteiger partial charge in [0.2, 0.25) is 0 Å². The minimum Gasteiger partial charge on any atom is -0.427 e. The maximum absolute atomic E-state index is 12.1. The zero-order valence-electron chi connectivity index (χ0n) is 18.0. The van der Waals surface area contributed by atoms with E-state index in [4.69, 9.17) is 9.47 Å². The largest absolute Gasteiger partial charge is 0.427 e. The topological polar surface area (TPSA) is 52.6 Å². The van der Waals surface area contributed by atoms with Crippen molar-refractivity contribution in [2.45, 2.75) is 38.5 Å². The second-order valence-corrected chi connectivity index (χ2v) is 7.88. The Kier molecular flexibility index (Phi) is 7.13. The summed E-state index contributed by atoms with van der Waals surface area (Å²) in [5.74, 6) is 0.697. The van der Waals surface area contributed by atoms with Crippen LogP contribution in [0.2, 0.25) is 0 Å². The molecule has 0 saturated carbocycles. The lowest BCUT2D eigenvalue weighted by atomic mass is 10.1. The SMILES string of the molecule is O=C(CCCCCCC(=O)Oc1ccc2ccccc2c1)Oc1ccc2ccccc2c1. The Labute approximate surface area is 187 Å². The lowest BCUT2D eigenvalue weighted by Gasteiger charge is -2.07. The van der Waals surface area contributed by atoms with Gasteiger partial charge in [-0.25, -0.2) is 0 Å². The van der Waals surface area contributed by atoms with Crippen LogP contribution in [0.25, 0.3) is 21.5 Å². The highest BCUT2D eigenvalue weighted by Gasteiger charge is 2.08. The highest BCUT2D eigenvalue weighted by Crippen LogP contribution is 2.22. The van der Waals surface area contributed by atoms with E-state index in [-0.39, 0.29) is 11.9 Å². The number of hydrogen-bond donors (Lipinski definition) is 0. The number of carbonyl (C=O) groups excluding carboxylic acids is 2. The third kappa shape index (κ3) is 5.94. The number of benzene rings is 4. The summed E-state index contributed by atoms with van der Waals surface area (Å²) in [5, 5.41) is 4.33. The van der Waals surface area contributed by atoms with Gasteiger partial charge in [0.05, 0.1) is 0 Å². The molecular formula is C28H26O4. The number of unbranched alkanes of at least 4 members (excludes halogenated alkanes) is 3. The standard InChI is InChI=1S/C28H26O4/c29-27(31-25-17-15-21-9-5-7-11-23(21)19-25)13-3-1-2-4-14-28(30)32-26-18-16-22-10-6-8-12-24(22)20-26/h5-12,15-20H,1-4,13-14H2. The Bertz CT molecular complexity index is 1130. The normalized spacial score (nSPS) is 10.9. The van der Waals surface area contributed by atoms with Crippen LogP contribution in [0.3, 0.4) is 0 Å². The lowest BCUT2D eigenvalue weighted by molar-refractivity contribution is -0.135. The van der Waals surface area contributed by atoms with Gasteiger partial charge >= 0.3 is 11.9 Å². The summed E-state index contributed by atoms with van der Waals surface area (Å²) in [4.78, 5) is 24.2. The smallest absolute Gasteiger partial charge is 0.311 e. The number of ether oxygens (including phenoxy) is 2. The van der Waals surface area contributed by atoms with E-state index in [2.05, 4.69) is 0 Å². The second-order valence-electron chi connectivity index (χ2n) is 7.88. The van der Waals surface area contributed by atoms with Crippen molar-refractivity contribution in [1.82, 2.24) is 0 Å². The van der Waals surface area contributed by atoms with Crippen molar-refractivity contribution in [2.24, 2.45) is 0 Å². The van der Waals surface area contributed by atoms with Gasteiger partial charge in [0.25, 0.3) is 0 Å². The average Bonchev–Trinajstić information content (AvgIpc) is 2.81. The predicted octanol–water partition coefficient (Wildman–Crippen LogP) is 6.84. The van der Waals surface area contributed by atoms with Crippen molar-refractivity contribution >= 4 is 33.5 Å². The molecule has 0 aliphatic rings. The van der Waals surface area contributed by atoms with Gasteiger partial charge in [0.1, 0.15) is 11.5 Å². The summed E-state index contributed by atoms with van der Waals surface area (Å²) in [6, 6.07) is 27.3. The molecule has 4 aromatic carbocycles. The molecule has 0 unspecified atom stereocenters. The molecule has 0 spiro atoms. The Morgan fingerprint density at radius 1 is 0.500 bits per heavy atom. The fourth-order valence-corrected chi connectivity index (χ4v) is 3.72. The highest BCUT2D eigenvalue weighted by atomic mass is 16.5. The first kappa shape index (κ1) is 21.6. The molecule has 4 aromatic rings. The summed E-state index contributed by atoms with van der Waals surface area (Å²) in [6.07, 6.45) is 3.97. The zero-order chi connectivity index (χ0) is 22.2. The maximum atomic E-state index is 12.1. The molecule has 0 amide bonds. The molecule has 0 fully saturated rings. The molecule has 4 heteroatoms. The van der Waals surface area contributed by atoms with Crippen LogP contribution in [0.1, 0.15) is 38.5 Å². The number of esters is 2. The van der Waals surface area contributed by atoms with Gasteiger partial charge in [-0.15, -0.1) is 0 Å². The van der Waals surface area contributed by atoms with Crippen molar-refractivity contribution in [3.8, 4) is 11.5 Å². The van der Waals surface area contributed by atoms with Gasteiger partial charge in [-0.1, -0.05) is 73.5 Å². The molecule has 4 nitrogen and oxygen atoms in total. The van der Waals surface area contributed by atoms with Crippen LogP contribution in [-0.2, 0) is 9.59 Å². The molecule has 0 aromatic heterocycles. The van der Waals surface area contributed by atoms with Crippen molar-refractivity contribution < 1.29 is 19.1 Å². The van der Waals surface area contributed by atoms with E-state index >= 15 is 0 Å². The number of hydrogen-bond acceptors (Lipinski definition) is 4. The first-order valence-electron chi connectivity index (χ1n) is 11.1. The van der Waals surface area contributed by atoms with Crippen molar-refractivity contribution in [3.05, 3.63) is 84.9 Å². The van der Waals surface area contributed by atoms with Crippen LogP contribution in [0.4, 0.5) is 0 Å². The molecule has 0 atom stereocenters. The quantitative estimate of drug-likeness (QED) is 0.167. The molecular weight excluding hydrogens is 400 g/mol. The van der Waals surface area contributed by atoms with E-state index in [1.54, 1.807) is 0 Å². The summed E-state index contributed by atoms with van der Waals surface area (Å²) < 4.78 is 10.9. The maximum Gasteiger partial charge on any atom is 0.311 e. The molecule has 0 heterocycles. The third-order valence-corrected chi connectivity index (χ3v) is 5.42. The Hall–Kier alpha value is -3.66. The van der Waals surface area contributed by atoms with Crippen LogP contribution in [0.5, 0.6) is 11.5 Å². The molecule has 0 radical (unpaired) electrons. The average molecular weight is 427 g/mol. The van der Waals surface area contributed by atoms with Crippen molar-refractivity contribution in [2.75, 3.05) is 0 Å². The Balaban J connectivity index is 1.12. The fraction of sp³-hybridized carbons (Fsp3) is 0.214. The number of fused-ring (bicyclic) bond motifs is 2. The molecule has 0 N–H and O–H groups in total. The van der Waals surface area contributed by atoms with Gasteiger partial charge in [-0.3, -0.25) is 9.59 Å². The van der Waals surface area contributed by atoms with Gasteiger partial charge < -0.3 is 9.47 Å². The second kappa shape index (κ2) is 10.6. The number of carbonyl (C=O) groups is 2. The van der Waals surface area contributed by atoms with Crippen LogP contribution in [0, 0.1) is 0 Å². The van der Waals surface area contributed by atoms with E-state index in [0.29, 0.717) is 24.3 Å². The highest BCUT2D eigenvalue weighted by molar-refractivity contribution is 5.85. The fourth-order valence-electron chi connectivity index (χ4n) is 3.72. The van der Waals surface area contributed by atoms with Gasteiger partial charge in [0, 0.05) is 12.8 Å². The summed E-state index contributed by atoms with van der Waals surface area (Å²) in [7, 11) is 0. The van der Waals surface area contributed by atoms with Gasteiger partial charge in [0.15, 0.2) is 0 Å². The zero-order valence-corrected chi connectivity index (χ0v) is 18.0. The van der Waals surface area contributed by atoms with Crippen LogP contribution >= 0.6 is 0 Å². The van der Waals surface area contributed by atoms with Crippen LogP contribution in [0.15, 0.2) is 84.9 Å². The van der Waals surface area contributed by atoms with Crippen molar-refractivity contribution in [1.29, 1.82) is 0 Å². The predicted molar refractivity (Wildman–Crippen MR) is 127 cm³/mol. The first-order chi connectivity index (χ1) is 15.7. The van der Waals surface area contributed by atoms with E-state index < -0.39 is 0 Å². The van der Waals surface area contributed by atoms with E-state index in [1.165, 1.54) is 0 Å². The monoisotopic (exact) mass is 426 g/mol. The molecule has 162 valence electrons. The molecule has 0 saturated heterocycles. The first-order valence-corrected chi connectivity index (χ1v) is 11.1. The van der Waals surface area contributed by atoms with Crippen LogP contribution < -0.4 is 9.47 Å². The number of rotatable bonds is 9. The molecule has 32 heavy (non-hydrogen) atoms. The molecule has 0 bridgehead atoms. The minimum atomic E-state index is -0.226. The lowest BCUT2D eigenvalue weighted by Crippen LogP contribution is -2.08. The van der Waals surface area contributed by atoms with Gasteiger partial charge in [-0.2, -0.15) is 0 Å². The Morgan fingerprint density at radius 3 is 1.34 bits per heavy atom. The van der Waals surface area contributed by atoms with E-state index in [0.717, 1.165) is 47.2 Å². The molecule has 4 rings (SSSR count). The third-order valence-electron chi connectivity index (χ3n) is 5.42. The van der Waals surface area contributed by atoms with Gasteiger partial charge in [-0.05, 0) is 58.7 Å². The summed E-state index contributed by atoms with van der Waals surface area (Å²) in [6.45, 7) is 0. The summed E-state index contributed by atoms with van der Waals surface area (Å²) in [5.41, 5.74) is 0. The Morgan fingerprint density at radius 2 is 0.906 bits per heavy atom.